The van der Waals surface area contributed by atoms with Crippen LogP contribution < -0.4 is 5.32 Å². The summed E-state index contributed by atoms with van der Waals surface area (Å²) < 4.78 is 27.0. The van der Waals surface area contributed by atoms with E-state index in [-0.39, 0.29) is 5.56 Å². The zero-order chi connectivity index (χ0) is 12.3. The Labute approximate surface area is 101 Å². The lowest BCUT2D eigenvalue weighted by Crippen LogP contribution is -2.44. The number of nitrogens with zero attached hydrogens (tertiary/aromatic N) is 1. The van der Waals surface area contributed by atoms with Gasteiger partial charge in [0.1, 0.15) is 11.6 Å². The maximum absolute atomic E-state index is 13.5. The highest BCUT2D eigenvalue weighted by Gasteiger charge is 2.20. The molecule has 0 aromatic heterocycles. The fourth-order valence-electron chi connectivity index (χ4n) is 2.34. The Bertz CT molecular complexity index is 361. The van der Waals surface area contributed by atoms with Gasteiger partial charge in [-0.05, 0) is 38.6 Å². The average molecular weight is 240 g/mol. The predicted molar refractivity (Wildman–Crippen MR) is 63.7 cm³/mol. The van der Waals surface area contributed by atoms with Crippen molar-refractivity contribution in [2.45, 2.75) is 25.4 Å². The third-order valence-corrected chi connectivity index (χ3v) is 3.36. The van der Waals surface area contributed by atoms with Gasteiger partial charge >= 0.3 is 0 Å². The SMILES string of the molecule is CNC1CCCN(Cc2c(F)cccc2F)C1. The van der Waals surface area contributed by atoms with Crippen molar-refractivity contribution in [2.24, 2.45) is 0 Å². The number of piperidine rings is 1. The summed E-state index contributed by atoms with van der Waals surface area (Å²) in [7, 11) is 1.93. The number of rotatable bonds is 3. The summed E-state index contributed by atoms with van der Waals surface area (Å²) in [6, 6.07) is 4.47. The topological polar surface area (TPSA) is 15.3 Å². The second kappa shape index (κ2) is 5.56. The van der Waals surface area contributed by atoms with Crippen LogP contribution in [0.3, 0.4) is 0 Å². The minimum atomic E-state index is -0.448. The molecular weight excluding hydrogens is 222 g/mol. The number of halogens is 2. The van der Waals surface area contributed by atoms with Crippen molar-refractivity contribution >= 4 is 0 Å². The molecule has 0 bridgehead atoms. The predicted octanol–water partition coefficient (Wildman–Crippen LogP) is 2.15. The van der Waals surface area contributed by atoms with E-state index < -0.39 is 11.6 Å². The molecule has 1 unspecified atom stereocenters. The molecule has 0 aliphatic carbocycles. The molecule has 0 saturated carbocycles. The first kappa shape index (κ1) is 12.5. The number of likely N-dealkylation sites (tertiary alicyclic amines) is 1. The Hall–Kier alpha value is -1.00. The van der Waals surface area contributed by atoms with Gasteiger partial charge in [-0.15, -0.1) is 0 Å². The van der Waals surface area contributed by atoms with Crippen LogP contribution in [0.1, 0.15) is 18.4 Å². The van der Waals surface area contributed by atoms with Crippen molar-refractivity contribution in [2.75, 3.05) is 20.1 Å². The number of likely N-dealkylation sites (N-methyl/N-ethyl adjacent to an activating group) is 1. The molecule has 4 heteroatoms. The van der Waals surface area contributed by atoms with E-state index in [0.717, 1.165) is 25.9 Å². The standard InChI is InChI=1S/C13H18F2N2/c1-16-10-4-3-7-17(8-10)9-11-12(14)5-2-6-13(11)15/h2,5-6,10,16H,3-4,7-9H2,1H3. The van der Waals surface area contributed by atoms with E-state index in [1.165, 1.54) is 18.2 Å². The molecule has 2 nitrogen and oxygen atoms in total. The molecule has 0 spiro atoms. The third-order valence-electron chi connectivity index (χ3n) is 3.36. The molecule has 94 valence electrons. The van der Waals surface area contributed by atoms with Crippen molar-refractivity contribution in [3.63, 3.8) is 0 Å². The lowest BCUT2D eigenvalue weighted by molar-refractivity contribution is 0.184. The molecule has 0 radical (unpaired) electrons. The van der Waals surface area contributed by atoms with Crippen molar-refractivity contribution < 1.29 is 8.78 Å². The Morgan fingerprint density at radius 2 is 2.06 bits per heavy atom. The van der Waals surface area contributed by atoms with Crippen molar-refractivity contribution in [3.05, 3.63) is 35.4 Å². The second-order valence-corrected chi connectivity index (χ2v) is 4.56. The largest absolute Gasteiger partial charge is 0.316 e. The van der Waals surface area contributed by atoms with Gasteiger partial charge in [-0.25, -0.2) is 8.78 Å². The van der Waals surface area contributed by atoms with E-state index in [4.69, 9.17) is 0 Å². The highest BCUT2D eigenvalue weighted by Crippen LogP contribution is 2.18. The van der Waals surface area contributed by atoms with E-state index >= 15 is 0 Å². The zero-order valence-electron chi connectivity index (χ0n) is 10.0. The lowest BCUT2D eigenvalue weighted by atomic mass is 10.0. The van der Waals surface area contributed by atoms with Gasteiger partial charge in [-0.3, -0.25) is 4.90 Å². The number of hydrogen-bond donors (Lipinski definition) is 1. The van der Waals surface area contributed by atoms with Gasteiger partial charge in [0.25, 0.3) is 0 Å². The van der Waals surface area contributed by atoms with Gasteiger partial charge < -0.3 is 5.32 Å². The Morgan fingerprint density at radius 3 is 2.71 bits per heavy atom. The summed E-state index contributed by atoms with van der Waals surface area (Å²) in [5.74, 6) is -0.895. The van der Waals surface area contributed by atoms with Crippen molar-refractivity contribution in [3.8, 4) is 0 Å². The monoisotopic (exact) mass is 240 g/mol. The highest BCUT2D eigenvalue weighted by molar-refractivity contribution is 5.19. The van der Waals surface area contributed by atoms with Crippen LogP contribution in [-0.2, 0) is 6.54 Å². The normalized spacial score (nSPS) is 21.7. The third kappa shape index (κ3) is 3.01. The maximum atomic E-state index is 13.5. The summed E-state index contributed by atoms with van der Waals surface area (Å²) in [5.41, 5.74) is 0.184. The summed E-state index contributed by atoms with van der Waals surface area (Å²) >= 11 is 0. The van der Waals surface area contributed by atoms with E-state index in [9.17, 15) is 8.78 Å². The summed E-state index contributed by atoms with van der Waals surface area (Å²) in [5, 5.41) is 3.22. The van der Waals surface area contributed by atoms with E-state index in [1.807, 2.05) is 7.05 Å². The van der Waals surface area contributed by atoms with Crippen LogP contribution in [0.2, 0.25) is 0 Å². The first-order chi connectivity index (χ1) is 8.20. The molecule has 17 heavy (non-hydrogen) atoms. The molecule has 1 atom stereocenters. The van der Waals surface area contributed by atoms with Crippen molar-refractivity contribution in [1.29, 1.82) is 0 Å². The fourth-order valence-corrected chi connectivity index (χ4v) is 2.34. The maximum Gasteiger partial charge on any atom is 0.130 e. The Morgan fingerprint density at radius 1 is 1.35 bits per heavy atom. The molecule has 1 aliphatic heterocycles. The molecule has 1 aliphatic rings. The number of benzene rings is 1. The smallest absolute Gasteiger partial charge is 0.130 e. The van der Waals surface area contributed by atoms with Crippen LogP contribution in [0.4, 0.5) is 8.78 Å². The molecular formula is C13H18F2N2. The Kier molecular flexibility index (Phi) is 4.07. The molecule has 1 aromatic rings. The van der Waals surface area contributed by atoms with Crippen LogP contribution in [0.15, 0.2) is 18.2 Å². The van der Waals surface area contributed by atoms with Gasteiger partial charge in [0.05, 0.1) is 0 Å². The van der Waals surface area contributed by atoms with E-state index in [1.54, 1.807) is 0 Å². The van der Waals surface area contributed by atoms with Gasteiger partial charge in [-0.1, -0.05) is 6.07 Å². The van der Waals surface area contributed by atoms with Crippen LogP contribution in [0.25, 0.3) is 0 Å². The van der Waals surface area contributed by atoms with Gasteiger partial charge in [0, 0.05) is 24.7 Å². The summed E-state index contributed by atoms with van der Waals surface area (Å²) in [4.78, 5) is 2.10. The highest BCUT2D eigenvalue weighted by atomic mass is 19.1. The quantitative estimate of drug-likeness (QED) is 0.871. The summed E-state index contributed by atoms with van der Waals surface area (Å²) in [6.45, 7) is 2.12. The first-order valence-electron chi connectivity index (χ1n) is 6.03. The molecule has 2 rings (SSSR count). The molecule has 1 saturated heterocycles. The van der Waals surface area contributed by atoms with Gasteiger partial charge in [0.2, 0.25) is 0 Å². The molecule has 1 aromatic carbocycles. The van der Waals surface area contributed by atoms with Crippen LogP contribution in [0.5, 0.6) is 0 Å². The van der Waals surface area contributed by atoms with E-state index in [0.29, 0.717) is 12.6 Å². The zero-order valence-corrected chi connectivity index (χ0v) is 10.0. The number of nitrogens with one attached hydrogen (secondary N) is 1. The van der Waals surface area contributed by atoms with Gasteiger partial charge in [-0.2, -0.15) is 0 Å². The van der Waals surface area contributed by atoms with Crippen LogP contribution in [0, 0.1) is 11.6 Å². The first-order valence-corrected chi connectivity index (χ1v) is 6.03. The fraction of sp³-hybridized carbons (Fsp3) is 0.538. The minimum absolute atomic E-state index is 0.184. The second-order valence-electron chi connectivity index (χ2n) is 4.56. The minimum Gasteiger partial charge on any atom is -0.316 e. The van der Waals surface area contributed by atoms with Crippen LogP contribution in [-0.4, -0.2) is 31.1 Å². The molecule has 0 amide bonds. The average Bonchev–Trinajstić information content (AvgIpc) is 2.34. The van der Waals surface area contributed by atoms with Crippen LogP contribution >= 0.6 is 0 Å². The molecule has 1 heterocycles. The Balaban J connectivity index is 2.05. The van der Waals surface area contributed by atoms with E-state index in [2.05, 4.69) is 10.2 Å². The summed E-state index contributed by atoms with van der Waals surface area (Å²) in [6.07, 6.45) is 2.20. The molecule has 1 fully saturated rings. The molecule has 1 N–H and O–H groups in total. The lowest BCUT2D eigenvalue weighted by Gasteiger charge is -2.32. The van der Waals surface area contributed by atoms with Gasteiger partial charge in [0.15, 0.2) is 0 Å². The number of hydrogen-bond acceptors (Lipinski definition) is 2. The van der Waals surface area contributed by atoms with Crippen molar-refractivity contribution in [1.82, 2.24) is 10.2 Å².